The number of esters is 4. The summed E-state index contributed by atoms with van der Waals surface area (Å²) in [5.74, 6) is 0.217. The number of thiol groups is 1. The minimum Gasteiger partial charge on any atom is -0.714 e. The van der Waals surface area contributed by atoms with Crippen LogP contribution in [0.15, 0.2) is 10.3 Å². The zero-order valence-corrected chi connectivity index (χ0v) is 40.9. The monoisotopic (exact) mass is 1040 g/mol. The standard InChI is InChI=1S/C14H20O9S.C9H17NO9S2.C6H12S2.C3H6ClNO.C3H6O.CH4/c1-6(15)19-5-10-11(20-7(2)16)12(21-8(3)17)13(14(24)23-10)22-9(4)18;1-2-5(10-19-21(15,16)17)20-9-8(14)7(13)6(12)4(3-11)18-9;1-2-6-7-4-3-5-8-6;1-2-3(4)5-6;1-2-3-4;/h10-14,24H,5H2,1-4H3;4,6-9,11-14H,2-3H2,1H3,(H,15,16,17);6H,2-5H2,1H3;6H,2H2,1H3;3H,2H2,1H3;1H4/p-1/b;10-5-;;5-3-;;/t;4?,6-,7+,8?,9+;;;;/m.1..../s1. The van der Waals surface area contributed by atoms with Crippen molar-refractivity contribution in [3.8, 4) is 0 Å². The van der Waals surface area contributed by atoms with Gasteiger partial charge in [0.1, 0.15) is 64.5 Å². The van der Waals surface area contributed by atoms with Crippen LogP contribution in [-0.4, -0.2) is 168 Å². The number of halogens is 1. The summed E-state index contributed by atoms with van der Waals surface area (Å²) in [7, 11) is -5.00. The summed E-state index contributed by atoms with van der Waals surface area (Å²) in [5.41, 5.74) is -2.11. The Morgan fingerprint density at radius 3 is 1.75 bits per heavy atom. The van der Waals surface area contributed by atoms with Crippen molar-refractivity contribution in [1.82, 2.24) is 0 Å². The highest BCUT2D eigenvalue weighted by molar-refractivity contribution is 8.17. The van der Waals surface area contributed by atoms with Crippen LogP contribution < -0.4 is 0 Å². The van der Waals surface area contributed by atoms with Gasteiger partial charge in [-0.3, -0.25) is 23.5 Å². The van der Waals surface area contributed by atoms with Gasteiger partial charge in [-0.15, -0.1) is 36.2 Å². The number of hydrogen-bond acceptors (Lipinski definition) is 26. The zero-order valence-electron chi connectivity index (χ0n) is 36.0. The lowest BCUT2D eigenvalue weighted by Crippen LogP contribution is -2.61. The first-order valence-electron chi connectivity index (χ1n) is 19.2. The van der Waals surface area contributed by atoms with E-state index < -0.39 is 101 Å². The van der Waals surface area contributed by atoms with E-state index in [0.717, 1.165) is 31.6 Å². The number of thioether (sulfide) groups is 3. The van der Waals surface area contributed by atoms with E-state index in [1.165, 1.54) is 31.3 Å². The van der Waals surface area contributed by atoms with Crippen molar-refractivity contribution in [3.63, 3.8) is 0 Å². The summed E-state index contributed by atoms with van der Waals surface area (Å²) in [4.78, 5) is 54.2. The first-order valence-corrected chi connectivity index (χ1v) is 24.4. The third-order valence-corrected chi connectivity index (χ3v) is 12.9. The SMILES string of the molecule is C.CC(=O)OCC1OC(S)C(OC(C)=O)C(OC(C)=O)C1OC(C)=O.CC/C(=N/OS(=O)(=O)[O-])S[C@@H]1OC(CO)[C@@H](O)[C@H](O)C1O.CC/C(Cl)=N/O.CCC1SCCCS1.CCC=O. The molecule has 64 heavy (non-hydrogen) atoms. The topological polar surface area (TPSA) is 333 Å². The molecule has 28 heteroatoms. The fourth-order valence-electron chi connectivity index (χ4n) is 4.60. The molecule has 22 nitrogen and oxygen atoms in total. The van der Waals surface area contributed by atoms with Crippen molar-refractivity contribution < 1.29 is 95.3 Å². The van der Waals surface area contributed by atoms with Crippen molar-refractivity contribution in [2.75, 3.05) is 24.7 Å². The minimum atomic E-state index is -5.00. The molecule has 3 aliphatic heterocycles. The van der Waals surface area contributed by atoms with E-state index in [1.54, 1.807) is 6.92 Å². The molecule has 0 amide bonds. The lowest BCUT2D eigenvalue weighted by Gasteiger charge is -2.42. The molecular weight excluding hydrogens is 976 g/mol. The second-order valence-electron chi connectivity index (χ2n) is 12.6. The number of rotatable bonds is 13. The Bertz CT molecular complexity index is 1530. The molecule has 0 aromatic rings. The average molecular weight is 1040 g/mol. The van der Waals surface area contributed by atoms with E-state index in [2.05, 4.69) is 57.7 Å². The van der Waals surface area contributed by atoms with Gasteiger partial charge in [-0.1, -0.05) is 68.8 Å². The third-order valence-electron chi connectivity index (χ3n) is 7.40. The fraction of sp³-hybridized carbons (Fsp3) is 0.806. The van der Waals surface area contributed by atoms with Gasteiger partial charge in [0.15, 0.2) is 18.3 Å². The summed E-state index contributed by atoms with van der Waals surface area (Å²) in [6.45, 7) is 11.3. The van der Waals surface area contributed by atoms with Gasteiger partial charge in [0.05, 0.1) is 6.61 Å². The molecule has 0 radical (unpaired) electrons. The number of nitrogens with zero attached hydrogens (tertiary/aromatic N) is 2. The molecule has 0 bridgehead atoms. The van der Waals surface area contributed by atoms with E-state index in [9.17, 15) is 52.3 Å². The minimum absolute atomic E-state index is 0. The van der Waals surface area contributed by atoms with Crippen molar-refractivity contribution in [3.05, 3.63) is 0 Å². The predicted molar refractivity (Wildman–Crippen MR) is 243 cm³/mol. The van der Waals surface area contributed by atoms with Gasteiger partial charge in [-0.05, 0) is 30.8 Å². The summed E-state index contributed by atoms with van der Waals surface area (Å²) < 4.78 is 66.6. The quantitative estimate of drug-likeness (QED) is 0.0148. The number of carbonyl (C=O) groups excluding carboxylic acids is 5. The average Bonchev–Trinajstić information content (AvgIpc) is 3.23. The normalized spacial score (nSPS) is 26.9. The second-order valence-corrected chi connectivity index (χ2v) is 18.6. The molecule has 0 aromatic carbocycles. The molecule has 376 valence electrons. The molecule has 3 heterocycles. The molecular formula is C36H64ClN2O20S5-. The Hall–Kier alpha value is -2.15. The van der Waals surface area contributed by atoms with Crippen molar-refractivity contribution in [1.29, 1.82) is 0 Å². The number of oxime groups is 2. The Morgan fingerprint density at radius 2 is 1.38 bits per heavy atom. The van der Waals surface area contributed by atoms with Gasteiger partial charge < -0.3 is 63.4 Å². The molecule has 5 N–H and O–H groups in total. The highest BCUT2D eigenvalue weighted by atomic mass is 35.5. The second kappa shape index (κ2) is 36.9. The molecule has 3 rings (SSSR count). The summed E-state index contributed by atoms with van der Waals surface area (Å²) in [5, 5.41) is 51.8. The van der Waals surface area contributed by atoms with Gasteiger partial charge in [-0.2, -0.15) is 8.42 Å². The van der Waals surface area contributed by atoms with Gasteiger partial charge in [-0.25, -0.2) is 0 Å². The van der Waals surface area contributed by atoms with Crippen LogP contribution in [0.2, 0.25) is 0 Å². The number of carbonyl (C=O) groups is 5. The van der Waals surface area contributed by atoms with Crippen LogP contribution in [0.3, 0.4) is 0 Å². The summed E-state index contributed by atoms with van der Waals surface area (Å²) >= 11 is 14.3. The largest absolute Gasteiger partial charge is 0.714 e. The molecule has 3 fully saturated rings. The Balaban J connectivity index is -0.000000834. The van der Waals surface area contributed by atoms with E-state index in [4.69, 9.17) is 50.3 Å². The number of aldehydes is 1. The number of aliphatic hydroxyl groups is 4. The highest BCUT2D eigenvalue weighted by Crippen LogP contribution is 2.33. The predicted octanol–water partition coefficient (Wildman–Crippen LogP) is 2.97. The van der Waals surface area contributed by atoms with E-state index in [1.807, 2.05) is 13.8 Å². The molecule has 0 aromatic heterocycles. The third kappa shape index (κ3) is 29.5. The maximum absolute atomic E-state index is 11.4. The van der Waals surface area contributed by atoms with E-state index in [-0.39, 0.29) is 30.7 Å². The molecule has 10 atom stereocenters. The lowest BCUT2D eigenvalue weighted by atomic mass is 9.99. The van der Waals surface area contributed by atoms with E-state index in [0.29, 0.717) is 24.6 Å². The smallest absolute Gasteiger partial charge is 0.303 e. The van der Waals surface area contributed by atoms with Gasteiger partial charge in [0, 0.05) is 45.1 Å². The molecule has 7 unspecified atom stereocenters. The molecule has 0 spiro atoms. The van der Waals surface area contributed by atoms with Crippen LogP contribution >= 0.6 is 59.5 Å². The Morgan fingerprint density at radius 1 is 0.859 bits per heavy atom. The van der Waals surface area contributed by atoms with Crippen LogP contribution in [0.4, 0.5) is 0 Å². The zero-order chi connectivity index (χ0) is 48.9. The number of ether oxygens (including phenoxy) is 6. The molecule has 0 aliphatic carbocycles. The first kappa shape index (κ1) is 66.1. The van der Waals surface area contributed by atoms with Crippen molar-refractivity contribution in [2.45, 2.75) is 159 Å². The van der Waals surface area contributed by atoms with Crippen LogP contribution in [0.25, 0.3) is 0 Å². The van der Waals surface area contributed by atoms with Gasteiger partial charge in [0.25, 0.3) is 10.4 Å². The summed E-state index contributed by atoms with van der Waals surface area (Å²) in [6, 6.07) is 0. The Kier molecular flexibility index (Phi) is 38.1. The number of hydrogen-bond donors (Lipinski definition) is 6. The molecule has 0 saturated carbocycles. The van der Waals surface area contributed by atoms with Gasteiger partial charge in [0.2, 0.25) is 0 Å². The van der Waals surface area contributed by atoms with Crippen LogP contribution in [0.1, 0.15) is 94.9 Å². The van der Waals surface area contributed by atoms with Crippen LogP contribution in [-0.2, 0) is 67.1 Å². The van der Waals surface area contributed by atoms with E-state index >= 15 is 0 Å². The molecule has 3 saturated heterocycles. The number of aliphatic hydroxyl groups excluding tert-OH is 4. The van der Waals surface area contributed by atoms with Crippen molar-refractivity contribution >= 4 is 110 Å². The summed E-state index contributed by atoms with van der Waals surface area (Å²) in [6.07, 6.45) is -4.97. The van der Waals surface area contributed by atoms with Gasteiger partial charge >= 0.3 is 23.9 Å². The maximum atomic E-state index is 11.4. The lowest BCUT2D eigenvalue weighted by molar-refractivity contribution is -0.237. The van der Waals surface area contributed by atoms with Crippen molar-refractivity contribution in [2.24, 2.45) is 10.3 Å². The first-order chi connectivity index (χ1) is 29.5. The van der Waals surface area contributed by atoms with Crippen LogP contribution in [0, 0.1) is 0 Å². The Labute approximate surface area is 397 Å². The fourth-order valence-corrected chi connectivity index (χ4v) is 9.00. The maximum Gasteiger partial charge on any atom is 0.303 e. The van der Waals surface area contributed by atoms with Crippen LogP contribution in [0.5, 0.6) is 0 Å². The molecule has 3 aliphatic rings. The highest BCUT2D eigenvalue weighted by Gasteiger charge is 2.51.